The first-order valence-corrected chi connectivity index (χ1v) is 11.8. The van der Waals surface area contributed by atoms with Crippen LogP contribution < -0.4 is 9.47 Å². The van der Waals surface area contributed by atoms with Gasteiger partial charge in [-0.3, -0.25) is 14.7 Å². The van der Waals surface area contributed by atoms with Gasteiger partial charge in [0.1, 0.15) is 17.7 Å². The second kappa shape index (κ2) is 11.2. The number of halogens is 1. The Bertz CT molecular complexity index is 1190. The van der Waals surface area contributed by atoms with Crippen LogP contribution in [0.2, 0.25) is 0 Å². The van der Waals surface area contributed by atoms with Crippen molar-refractivity contribution in [3.63, 3.8) is 0 Å². The van der Waals surface area contributed by atoms with Crippen LogP contribution in [0.25, 0.3) is 5.69 Å². The lowest BCUT2D eigenvalue weighted by Gasteiger charge is -2.18. The van der Waals surface area contributed by atoms with Gasteiger partial charge in [0, 0.05) is 10.6 Å². The van der Waals surface area contributed by atoms with E-state index in [0.29, 0.717) is 39.1 Å². The molecule has 0 bridgehead atoms. The SMILES string of the molecule is C#CCOc1c(Br)cc([C@@H](C[N+](=O)[O-])Sc2nnc(C)n2-c2cccc(C)c2)cc1OCC. The zero-order valence-electron chi connectivity index (χ0n) is 18.4. The van der Waals surface area contributed by atoms with E-state index in [4.69, 9.17) is 15.9 Å². The van der Waals surface area contributed by atoms with Crippen LogP contribution in [0.15, 0.2) is 46.0 Å². The van der Waals surface area contributed by atoms with Gasteiger partial charge in [-0.25, -0.2) is 0 Å². The van der Waals surface area contributed by atoms with Gasteiger partial charge >= 0.3 is 0 Å². The third-order valence-corrected chi connectivity index (χ3v) is 6.39. The zero-order chi connectivity index (χ0) is 24.0. The second-order valence-electron chi connectivity index (χ2n) is 7.08. The number of hydrogen-bond acceptors (Lipinski definition) is 7. The Kier molecular flexibility index (Phi) is 8.36. The largest absolute Gasteiger partial charge is 0.490 e. The number of aromatic nitrogens is 3. The third kappa shape index (κ3) is 6.06. The Labute approximate surface area is 205 Å². The average Bonchev–Trinajstić information content (AvgIpc) is 3.12. The minimum absolute atomic E-state index is 0.0734. The molecule has 0 aliphatic rings. The van der Waals surface area contributed by atoms with Crippen LogP contribution in [0.1, 0.15) is 29.1 Å². The molecule has 0 spiro atoms. The molecule has 0 amide bonds. The predicted molar refractivity (Wildman–Crippen MR) is 131 cm³/mol. The molecule has 0 saturated carbocycles. The fourth-order valence-electron chi connectivity index (χ4n) is 3.25. The standard InChI is InChI=1S/C23H23BrN4O4S/c1-5-10-32-22-19(24)12-17(13-20(22)31-6-2)21(14-27(29)30)33-23-26-25-16(4)28(23)18-9-7-8-15(3)11-18/h1,7-9,11-13,21H,6,10,14H2,2-4H3/t21-/m1/s1. The molecule has 0 aliphatic carbocycles. The van der Waals surface area contributed by atoms with Gasteiger partial charge in [-0.05, 0) is 72.1 Å². The number of thioether (sulfide) groups is 1. The van der Waals surface area contributed by atoms with Crippen LogP contribution >= 0.6 is 27.7 Å². The lowest BCUT2D eigenvalue weighted by Crippen LogP contribution is -2.12. The van der Waals surface area contributed by atoms with Crippen molar-refractivity contribution < 1.29 is 14.4 Å². The summed E-state index contributed by atoms with van der Waals surface area (Å²) in [6.45, 7) is 5.86. The van der Waals surface area contributed by atoms with E-state index >= 15 is 0 Å². The first kappa shape index (κ1) is 24.6. The number of nitro groups is 1. The summed E-state index contributed by atoms with van der Waals surface area (Å²) >= 11 is 4.77. The fraction of sp³-hybridized carbons (Fsp3) is 0.304. The molecule has 2 aromatic carbocycles. The quantitative estimate of drug-likeness (QED) is 0.154. The molecule has 8 nitrogen and oxygen atoms in total. The first-order chi connectivity index (χ1) is 15.8. The topological polar surface area (TPSA) is 92.3 Å². The van der Waals surface area contributed by atoms with Crippen LogP contribution in [0.3, 0.4) is 0 Å². The van der Waals surface area contributed by atoms with Crippen molar-refractivity contribution >= 4 is 27.7 Å². The van der Waals surface area contributed by atoms with Crippen molar-refractivity contribution in [2.45, 2.75) is 31.2 Å². The summed E-state index contributed by atoms with van der Waals surface area (Å²) in [4.78, 5) is 11.2. The number of hydrogen-bond donors (Lipinski definition) is 0. The van der Waals surface area contributed by atoms with Crippen LogP contribution in [0, 0.1) is 36.3 Å². The summed E-state index contributed by atoms with van der Waals surface area (Å²) in [5.41, 5.74) is 2.68. The van der Waals surface area contributed by atoms with E-state index in [-0.39, 0.29) is 18.1 Å². The number of nitrogens with zero attached hydrogens (tertiary/aromatic N) is 4. The number of terminal acetylenes is 1. The fourth-order valence-corrected chi connectivity index (χ4v) is 4.98. The minimum Gasteiger partial charge on any atom is -0.490 e. The predicted octanol–water partition coefficient (Wildman–Crippen LogP) is 5.17. The van der Waals surface area contributed by atoms with Crippen LogP contribution in [-0.2, 0) is 0 Å². The Morgan fingerprint density at radius 2 is 2.06 bits per heavy atom. The van der Waals surface area contributed by atoms with Crippen molar-refractivity contribution in [3.05, 3.63) is 67.9 Å². The summed E-state index contributed by atoms with van der Waals surface area (Å²) in [5, 5.41) is 20.1. The number of aryl methyl sites for hydroxylation is 2. The van der Waals surface area contributed by atoms with Crippen molar-refractivity contribution in [3.8, 4) is 29.5 Å². The van der Waals surface area contributed by atoms with E-state index in [1.165, 1.54) is 11.8 Å². The van der Waals surface area contributed by atoms with E-state index in [2.05, 4.69) is 32.0 Å². The average molecular weight is 531 g/mol. The Hall–Kier alpha value is -3.03. The van der Waals surface area contributed by atoms with Crippen LogP contribution in [0.5, 0.6) is 11.5 Å². The number of rotatable bonds is 10. The molecule has 3 aromatic rings. The van der Waals surface area contributed by atoms with Crippen molar-refractivity contribution in [2.75, 3.05) is 19.8 Å². The van der Waals surface area contributed by atoms with Crippen LogP contribution in [0.4, 0.5) is 0 Å². The van der Waals surface area contributed by atoms with Crippen molar-refractivity contribution in [1.82, 2.24) is 14.8 Å². The maximum Gasteiger partial charge on any atom is 0.220 e. The van der Waals surface area contributed by atoms with E-state index in [9.17, 15) is 10.1 Å². The third-order valence-electron chi connectivity index (χ3n) is 4.62. The molecule has 10 heteroatoms. The molecule has 1 atom stereocenters. The first-order valence-electron chi connectivity index (χ1n) is 10.1. The van der Waals surface area contributed by atoms with E-state index in [0.717, 1.165) is 11.3 Å². The molecule has 0 unspecified atom stereocenters. The van der Waals surface area contributed by atoms with Crippen LogP contribution in [-0.4, -0.2) is 39.4 Å². The van der Waals surface area contributed by atoms with E-state index in [1.54, 1.807) is 12.1 Å². The van der Waals surface area contributed by atoms with Gasteiger partial charge in [0.05, 0.1) is 11.1 Å². The molecule has 0 N–H and O–H groups in total. The molecule has 1 heterocycles. The minimum atomic E-state index is -0.552. The van der Waals surface area contributed by atoms with Gasteiger partial charge < -0.3 is 9.47 Å². The maximum atomic E-state index is 11.5. The van der Waals surface area contributed by atoms with Crippen molar-refractivity contribution in [1.29, 1.82) is 0 Å². The molecular weight excluding hydrogens is 508 g/mol. The highest BCUT2D eigenvalue weighted by atomic mass is 79.9. The van der Waals surface area contributed by atoms with Crippen molar-refractivity contribution in [2.24, 2.45) is 0 Å². The lowest BCUT2D eigenvalue weighted by molar-refractivity contribution is -0.479. The Morgan fingerprint density at radius 1 is 1.27 bits per heavy atom. The highest BCUT2D eigenvalue weighted by Gasteiger charge is 2.26. The number of ether oxygens (including phenoxy) is 2. The molecule has 1 aromatic heterocycles. The highest BCUT2D eigenvalue weighted by molar-refractivity contribution is 9.10. The van der Waals surface area contributed by atoms with Gasteiger partial charge in [-0.15, -0.1) is 16.6 Å². The molecule has 0 radical (unpaired) electrons. The summed E-state index contributed by atoms with van der Waals surface area (Å²) in [6, 6.07) is 11.5. The normalized spacial score (nSPS) is 11.6. The molecule has 172 valence electrons. The molecular formula is C23H23BrN4O4S. The Morgan fingerprint density at radius 3 is 2.73 bits per heavy atom. The summed E-state index contributed by atoms with van der Waals surface area (Å²) in [7, 11) is 0. The molecule has 3 rings (SSSR count). The lowest BCUT2D eigenvalue weighted by atomic mass is 10.1. The molecule has 0 saturated heterocycles. The molecule has 0 fully saturated rings. The monoisotopic (exact) mass is 530 g/mol. The van der Waals surface area contributed by atoms with E-state index < -0.39 is 5.25 Å². The number of benzene rings is 2. The highest BCUT2D eigenvalue weighted by Crippen LogP contribution is 2.43. The zero-order valence-corrected chi connectivity index (χ0v) is 20.9. The second-order valence-corrected chi connectivity index (χ2v) is 9.11. The maximum absolute atomic E-state index is 11.5. The Balaban J connectivity index is 2.03. The molecule has 33 heavy (non-hydrogen) atoms. The summed E-state index contributed by atoms with van der Waals surface area (Å²) < 4.78 is 13.9. The van der Waals surface area contributed by atoms with E-state index in [1.807, 2.05) is 49.6 Å². The van der Waals surface area contributed by atoms with Gasteiger partial charge in [-0.2, -0.15) is 0 Å². The van der Waals surface area contributed by atoms with Gasteiger partial charge in [0.2, 0.25) is 6.54 Å². The summed E-state index contributed by atoms with van der Waals surface area (Å²) in [5.74, 6) is 4.04. The van der Waals surface area contributed by atoms with Gasteiger partial charge in [0.25, 0.3) is 0 Å². The van der Waals surface area contributed by atoms with Gasteiger partial charge in [0.15, 0.2) is 16.7 Å². The van der Waals surface area contributed by atoms with Gasteiger partial charge in [-0.1, -0.05) is 29.8 Å². The summed E-state index contributed by atoms with van der Waals surface area (Å²) in [6.07, 6.45) is 5.32. The molecule has 0 aliphatic heterocycles. The smallest absolute Gasteiger partial charge is 0.220 e.